The van der Waals surface area contributed by atoms with E-state index in [4.69, 9.17) is 14.7 Å². The zero-order valence-electron chi connectivity index (χ0n) is 24.0. The van der Waals surface area contributed by atoms with Crippen LogP contribution in [0, 0.1) is 5.41 Å². The third-order valence-corrected chi connectivity index (χ3v) is 8.47. The Morgan fingerprint density at radius 3 is 2.67 bits per heavy atom. The van der Waals surface area contributed by atoms with Gasteiger partial charge in [0, 0.05) is 61.3 Å². The number of carbonyl (C=O) groups is 1. The Labute approximate surface area is 236 Å². The van der Waals surface area contributed by atoms with Crippen molar-refractivity contribution in [3.05, 3.63) is 53.2 Å². The second-order valence-electron chi connectivity index (χ2n) is 11.8. The Hall–Kier alpha value is -3.59. The molecular formula is C31H41N7O2. The number of hydrogen-bond acceptors (Lipinski definition) is 7. The monoisotopic (exact) mass is 543 g/mol. The second-order valence-corrected chi connectivity index (χ2v) is 11.8. The molecule has 0 radical (unpaired) electrons. The van der Waals surface area contributed by atoms with Crippen LogP contribution in [0.3, 0.4) is 0 Å². The number of nitrogens with zero attached hydrogens (tertiary/aromatic N) is 5. The minimum atomic E-state index is 0.00309. The summed E-state index contributed by atoms with van der Waals surface area (Å²) in [6.45, 7) is 8.17. The van der Waals surface area contributed by atoms with Crippen LogP contribution in [0.1, 0.15) is 36.6 Å². The van der Waals surface area contributed by atoms with E-state index in [0.717, 1.165) is 49.6 Å². The zero-order chi connectivity index (χ0) is 27.7. The molecule has 9 nitrogen and oxygen atoms in total. The summed E-state index contributed by atoms with van der Waals surface area (Å²) in [6, 6.07) is 13.6. The number of aryl methyl sites for hydroxylation is 1. The van der Waals surface area contributed by atoms with E-state index >= 15 is 0 Å². The summed E-state index contributed by atoms with van der Waals surface area (Å²) in [5.74, 6) is 0.837. The highest BCUT2D eigenvalue weighted by molar-refractivity contribution is 5.97. The first kappa shape index (κ1) is 26.6. The fourth-order valence-electron chi connectivity index (χ4n) is 6.23. The molecule has 6 rings (SSSR count). The first-order valence-electron chi connectivity index (χ1n) is 14.6. The Bertz CT molecular complexity index is 1380. The van der Waals surface area contributed by atoms with Gasteiger partial charge in [-0.05, 0) is 56.8 Å². The average molecular weight is 544 g/mol. The van der Waals surface area contributed by atoms with Gasteiger partial charge in [0.2, 0.25) is 0 Å². The second kappa shape index (κ2) is 11.1. The van der Waals surface area contributed by atoms with Crippen molar-refractivity contribution in [2.45, 2.75) is 39.2 Å². The third kappa shape index (κ3) is 5.52. The number of benzene rings is 2. The van der Waals surface area contributed by atoms with E-state index in [1.54, 1.807) is 0 Å². The molecule has 1 aromatic heterocycles. The largest absolute Gasteiger partial charge is 0.463 e. The van der Waals surface area contributed by atoms with Crippen LogP contribution < -0.4 is 20.3 Å². The van der Waals surface area contributed by atoms with E-state index in [9.17, 15) is 4.79 Å². The molecule has 2 aromatic carbocycles. The van der Waals surface area contributed by atoms with Crippen molar-refractivity contribution in [1.29, 1.82) is 0 Å². The van der Waals surface area contributed by atoms with Crippen molar-refractivity contribution in [2.24, 2.45) is 5.41 Å². The van der Waals surface area contributed by atoms with Gasteiger partial charge in [-0.3, -0.25) is 0 Å². The number of carbonyl (C=O) groups excluding carboxylic acids is 1. The summed E-state index contributed by atoms with van der Waals surface area (Å²) in [7, 11) is 4.23. The molecular weight excluding hydrogens is 502 g/mol. The summed E-state index contributed by atoms with van der Waals surface area (Å²) >= 11 is 0. The van der Waals surface area contributed by atoms with Gasteiger partial charge >= 0.3 is 12.0 Å². The van der Waals surface area contributed by atoms with Crippen LogP contribution in [0.4, 0.5) is 16.3 Å². The molecule has 40 heavy (non-hydrogen) atoms. The molecule has 3 heterocycles. The lowest BCUT2D eigenvalue weighted by Gasteiger charge is -2.32. The molecule has 0 bridgehead atoms. The molecule has 3 aliphatic rings. The van der Waals surface area contributed by atoms with Crippen LogP contribution >= 0.6 is 0 Å². The van der Waals surface area contributed by atoms with Crippen LogP contribution in [-0.4, -0.2) is 85.8 Å². The number of nitrogens with one attached hydrogen (secondary N) is 2. The first-order valence-corrected chi connectivity index (χ1v) is 14.6. The van der Waals surface area contributed by atoms with Crippen molar-refractivity contribution >= 4 is 28.3 Å². The molecule has 2 fully saturated rings. The normalized spacial score (nSPS) is 17.8. The van der Waals surface area contributed by atoms with Gasteiger partial charge < -0.3 is 30.1 Å². The minimum Gasteiger partial charge on any atom is -0.463 e. The molecule has 0 atom stereocenters. The van der Waals surface area contributed by atoms with Gasteiger partial charge in [-0.2, -0.15) is 9.97 Å². The Morgan fingerprint density at radius 2 is 1.95 bits per heavy atom. The molecule has 212 valence electrons. The molecule has 0 spiro atoms. The maximum absolute atomic E-state index is 12.0. The number of rotatable bonds is 11. The van der Waals surface area contributed by atoms with E-state index in [-0.39, 0.29) is 11.4 Å². The number of anilines is 2. The predicted octanol–water partition coefficient (Wildman–Crippen LogP) is 3.91. The summed E-state index contributed by atoms with van der Waals surface area (Å²) < 4.78 is 6.30. The van der Waals surface area contributed by atoms with E-state index in [0.29, 0.717) is 38.8 Å². The van der Waals surface area contributed by atoms with Gasteiger partial charge in [-0.1, -0.05) is 37.3 Å². The number of amides is 2. The highest BCUT2D eigenvalue weighted by Gasteiger charge is 2.44. The van der Waals surface area contributed by atoms with Gasteiger partial charge in [0.1, 0.15) is 5.82 Å². The lowest BCUT2D eigenvalue weighted by atomic mass is 9.98. The lowest BCUT2D eigenvalue weighted by molar-refractivity contribution is 0.182. The van der Waals surface area contributed by atoms with E-state index in [1.165, 1.54) is 34.9 Å². The Morgan fingerprint density at radius 1 is 1.12 bits per heavy atom. The number of aromatic nitrogens is 2. The molecule has 1 aliphatic carbocycles. The number of ether oxygens (including phenoxy) is 1. The Kier molecular flexibility index (Phi) is 7.40. The quantitative estimate of drug-likeness (QED) is 0.379. The van der Waals surface area contributed by atoms with E-state index < -0.39 is 0 Å². The molecule has 3 aromatic rings. The van der Waals surface area contributed by atoms with Gasteiger partial charge in [0.05, 0.1) is 18.8 Å². The highest BCUT2D eigenvalue weighted by Crippen LogP contribution is 2.46. The topological polar surface area (TPSA) is 85.9 Å². The predicted molar refractivity (Wildman–Crippen MR) is 159 cm³/mol. The molecule has 1 saturated heterocycles. The van der Waals surface area contributed by atoms with Gasteiger partial charge in [0.15, 0.2) is 0 Å². The summed E-state index contributed by atoms with van der Waals surface area (Å²) in [4.78, 5) is 28.4. The van der Waals surface area contributed by atoms with Crippen molar-refractivity contribution < 1.29 is 9.53 Å². The highest BCUT2D eigenvalue weighted by atomic mass is 16.5. The van der Waals surface area contributed by atoms with Gasteiger partial charge in [-0.25, -0.2) is 4.79 Å². The van der Waals surface area contributed by atoms with Crippen LogP contribution in [0.2, 0.25) is 0 Å². The smallest absolute Gasteiger partial charge is 0.318 e. The molecule has 1 saturated carbocycles. The van der Waals surface area contributed by atoms with Crippen LogP contribution in [-0.2, 0) is 19.4 Å². The molecule has 9 heteroatoms. The van der Waals surface area contributed by atoms with Gasteiger partial charge in [-0.15, -0.1) is 0 Å². The minimum absolute atomic E-state index is 0.00309. The molecule has 2 amide bonds. The number of fused-ring (bicyclic) bond motifs is 2. The van der Waals surface area contributed by atoms with Crippen LogP contribution in [0.15, 0.2) is 36.4 Å². The van der Waals surface area contributed by atoms with Crippen molar-refractivity contribution in [2.75, 3.05) is 70.2 Å². The number of hydrogen-bond donors (Lipinski definition) is 2. The number of urea groups is 1. The summed E-state index contributed by atoms with van der Waals surface area (Å²) in [5.41, 5.74) is 5.00. The maximum Gasteiger partial charge on any atom is 0.318 e. The molecule has 2 N–H and O–H groups in total. The van der Waals surface area contributed by atoms with Crippen LogP contribution in [0.5, 0.6) is 6.01 Å². The summed E-state index contributed by atoms with van der Waals surface area (Å²) in [5, 5.41) is 9.01. The lowest BCUT2D eigenvalue weighted by Crippen LogP contribution is -2.34. The Balaban J connectivity index is 1.27. The SMILES string of the molecule is CCc1cccc2cccc(N3CCc4c(nc(OCC5(CN(C)C)CC5)nc4NCCN4CCNC4=O)C3)c12. The van der Waals surface area contributed by atoms with Crippen LogP contribution in [0.25, 0.3) is 10.8 Å². The van der Waals surface area contributed by atoms with E-state index in [1.807, 2.05) is 4.90 Å². The third-order valence-electron chi connectivity index (χ3n) is 8.47. The average Bonchev–Trinajstić information content (AvgIpc) is 3.60. The fourth-order valence-corrected chi connectivity index (χ4v) is 6.23. The molecule has 2 aliphatic heterocycles. The first-order chi connectivity index (χ1) is 19.4. The van der Waals surface area contributed by atoms with E-state index in [2.05, 4.69) is 77.9 Å². The van der Waals surface area contributed by atoms with Crippen molar-refractivity contribution in [1.82, 2.24) is 25.1 Å². The maximum atomic E-state index is 12.0. The fraction of sp³-hybridized carbons (Fsp3) is 0.516. The zero-order valence-corrected chi connectivity index (χ0v) is 24.0. The molecule has 0 unspecified atom stereocenters. The van der Waals surface area contributed by atoms with Crippen molar-refractivity contribution in [3.8, 4) is 6.01 Å². The standard InChI is InChI=1S/C31H41N7O2/c1-4-22-7-5-8-23-9-6-10-26(27(22)23)38-16-11-24-25(19-38)34-29(40-21-31(12-13-31)20-36(2)3)35-28(24)32-14-17-37-18-15-33-30(37)39/h5-10H,4,11-21H2,1-3H3,(H,33,39)(H,32,34,35). The summed E-state index contributed by atoms with van der Waals surface area (Å²) in [6.07, 6.45) is 4.19. The van der Waals surface area contributed by atoms with Gasteiger partial charge in [0.25, 0.3) is 0 Å². The van der Waals surface area contributed by atoms with Crippen molar-refractivity contribution in [3.63, 3.8) is 0 Å².